The summed E-state index contributed by atoms with van der Waals surface area (Å²) in [4.78, 5) is 28.8. The summed E-state index contributed by atoms with van der Waals surface area (Å²) in [5.41, 5.74) is 8.96. The molecule has 5 heteroatoms. The predicted octanol–water partition coefficient (Wildman–Crippen LogP) is 2.62. The average Bonchev–Trinajstić information content (AvgIpc) is 3.35. The molecule has 2 fully saturated rings. The molecule has 2 aliphatic rings. The van der Waals surface area contributed by atoms with E-state index in [0.717, 1.165) is 18.5 Å². The van der Waals surface area contributed by atoms with Crippen molar-refractivity contribution in [2.75, 3.05) is 26.2 Å². The molecule has 0 radical (unpaired) electrons. The molecule has 2 N–H and O–H groups in total. The molecular formula is C23H27N3O2. The summed E-state index contributed by atoms with van der Waals surface area (Å²) in [6, 6.07) is 18.0. The number of amides is 2. The first-order valence-corrected chi connectivity index (χ1v) is 10.1. The Morgan fingerprint density at radius 2 is 1.89 bits per heavy atom. The number of rotatable bonds is 5. The van der Waals surface area contributed by atoms with E-state index in [1.165, 1.54) is 5.56 Å². The maximum atomic E-state index is 13.1. The molecule has 2 heterocycles. The first-order chi connectivity index (χ1) is 13.7. The van der Waals surface area contributed by atoms with Crippen molar-refractivity contribution in [1.82, 2.24) is 9.80 Å². The van der Waals surface area contributed by atoms with Gasteiger partial charge >= 0.3 is 0 Å². The fourth-order valence-corrected chi connectivity index (χ4v) is 4.43. The number of carbonyl (C=O) groups is 2. The van der Waals surface area contributed by atoms with Gasteiger partial charge in [0.05, 0.1) is 0 Å². The second-order valence-electron chi connectivity index (χ2n) is 7.84. The van der Waals surface area contributed by atoms with Crippen molar-refractivity contribution in [3.63, 3.8) is 0 Å². The Hall–Kier alpha value is -2.66. The van der Waals surface area contributed by atoms with Crippen LogP contribution in [0.5, 0.6) is 0 Å². The molecule has 2 aliphatic heterocycles. The lowest BCUT2D eigenvalue weighted by Crippen LogP contribution is -2.30. The zero-order valence-corrected chi connectivity index (χ0v) is 16.1. The Kier molecular flexibility index (Phi) is 5.44. The molecule has 2 atom stereocenters. The Bertz CT molecular complexity index is 852. The fraction of sp³-hybridized carbons (Fsp3) is 0.391. The van der Waals surface area contributed by atoms with Gasteiger partial charge in [0.1, 0.15) is 0 Å². The third-order valence-corrected chi connectivity index (χ3v) is 5.98. The summed E-state index contributed by atoms with van der Waals surface area (Å²) in [6.45, 7) is 3.34. The standard InChI is InChI=1S/C23H27N3O2/c24-13-20-15-26(16-21(20)18-7-2-1-3-8-18)23(28)19-9-4-6-17(12-19)14-25-11-5-10-22(25)27/h1-4,6-9,12,20-21H,5,10-11,13-16,24H2/t20-,21+/m1/s1. The Morgan fingerprint density at radius 1 is 1.07 bits per heavy atom. The van der Waals surface area contributed by atoms with Crippen LogP contribution < -0.4 is 5.73 Å². The Morgan fingerprint density at radius 3 is 2.61 bits per heavy atom. The second kappa shape index (κ2) is 8.15. The van der Waals surface area contributed by atoms with Gasteiger partial charge in [0, 0.05) is 44.1 Å². The number of hydrogen-bond donors (Lipinski definition) is 1. The topological polar surface area (TPSA) is 66.6 Å². The van der Waals surface area contributed by atoms with Crippen LogP contribution in [0.1, 0.15) is 40.2 Å². The van der Waals surface area contributed by atoms with Crippen LogP contribution in [-0.2, 0) is 11.3 Å². The molecule has 28 heavy (non-hydrogen) atoms. The van der Waals surface area contributed by atoms with Gasteiger partial charge in [-0.1, -0.05) is 42.5 Å². The minimum Gasteiger partial charge on any atom is -0.338 e. The van der Waals surface area contributed by atoms with E-state index in [1.54, 1.807) is 0 Å². The van der Waals surface area contributed by atoms with Crippen molar-refractivity contribution >= 4 is 11.8 Å². The summed E-state index contributed by atoms with van der Waals surface area (Å²) >= 11 is 0. The van der Waals surface area contributed by atoms with E-state index >= 15 is 0 Å². The summed E-state index contributed by atoms with van der Waals surface area (Å²) in [6.07, 6.45) is 1.56. The van der Waals surface area contributed by atoms with Crippen molar-refractivity contribution in [1.29, 1.82) is 0 Å². The number of nitrogens with two attached hydrogens (primary N) is 1. The highest BCUT2D eigenvalue weighted by atomic mass is 16.2. The van der Waals surface area contributed by atoms with Crippen LogP contribution in [0, 0.1) is 5.92 Å². The number of carbonyl (C=O) groups excluding carboxylic acids is 2. The third-order valence-electron chi connectivity index (χ3n) is 5.98. The average molecular weight is 377 g/mol. The maximum absolute atomic E-state index is 13.1. The summed E-state index contributed by atoms with van der Waals surface area (Å²) in [5, 5.41) is 0. The highest BCUT2D eigenvalue weighted by Gasteiger charge is 2.35. The van der Waals surface area contributed by atoms with E-state index in [1.807, 2.05) is 52.3 Å². The fourth-order valence-electron chi connectivity index (χ4n) is 4.43. The summed E-state index contributed by atoms with van der Waals surface area (Å²) in [7, 11) is 0. The van der Waals surface area contributed by atoms with E-state index < -0.39 is 0 Å². The van der Waals surface area contributed by atoms with Gasteiger partial charge < -0.3 is 15.5 Å². The second-order valence-corrected chi connectivity index (χ2v) is 7.84. The summed E-state index contributed by atoms with van der Waals surface area (Å²) < 4.78 is 0. The number of likely N-dealkylation sites (tertiary alicyclic amines) is 2. The minimum atomic E-state index is 0.0477. The number of benzene rings is 2. The molecule has 2 aromatic carbocycles. The molecule has 146 valence electrons. The van der Waals surface area contributed by atoms with Crippen LogP contribution in [-0.4, -0.2) is 47.8 Å². The van der Waals surface area contributed by atoms with Crippen molar-refractivity contribution in [3.05, 3.63) is 71.3 Å². The molecule has 5 nitrogen and oxygen atoms in total. The number of nitrogens with zero attached hydrogens (tertiary/aromatic N) is 2. The van der Waals surface area contributed by atoms with E-state index in [9.17, 15) is 9.59 Å². The van der Waals surface area contributed by atoms with Crippen LogP contribution >= 0.6 is 0 Å². The molecule has 2 saturated heterocycles. The Labute approximate surface area is 166 Å². The van der Waals surface area contributed by atoms with Crippen molar-refractivity contribution < 1.29 is 9.59 Å². The minimum absolute atomic E-state index is 0.0477. The van der Waals surface area contributed by atoms with Crippen molar-refractivity contribution in [2.45, 2.75) is 25.3 Å². The normalized spacial score (nSPS) is 22.1. The van der Waals surface area contributed by atoms with E-state index in [2.05, 4.69) is 12.1 Å². The van der Waals surface area contributed by atoms with Gasteiger partial charge in [-0.15, -0.1) is 0 Å². The SMILES string of the molecule is NC[C@@H]1CN(C(=O)c2cccc(CN3CCCC3=O)c2)C[C@H]1c1ccccc1. The lowest BCUT2D eigenvalue weighted by Gasteiger charge is -2.19. The molecule has 0 spiro atoms. The third kappa shape index (κ3) is 3.80. The maximum Gasteiger partial charge on any atom is 0.253 e. The largest absolute Gasteiger partial charge is 0.338 e. The summed E-state index contributed by atoms with van der Waals surface area (Å²) in [5.74, 6) is 0.802. The molecule has 0 aliphatic carbocycles. The molecule has 2 aromatic rings. The highest BCUT2D eigenvalue weighted by molar-refractivity contribution is 5.94. The molecule has 0 aromatic heterocycles. The van der Waals surface area contributed by atoms with Crippen molar-refractivity contribution in [2.24, 2.45) is 11.7 Å². The molecule has 0 saturated carbocycles. The first-order valence-electron chi connectivity index (χ1n) is 10.1. The number of hydrogen-bond acceptors (Lipinski definition) is 3. The quantitative estimate of drug-likeness (QED) is 0.871. The Balaban J connectivity index is 1.48. The zero-order valence-electron chi connectivity index (χ0n) is 16.1. The molecule has 2 amide bonds. The van der Waals surface area contributed by atoms with Crippen LogP contribution in [0.4, 0.5) is 0 Å². The predicted molar refractivity (Wildman–Crippen MR) is 109 cm³/mol. The molecule has 0 bridgehead atoms. The van der Waals surface area contributed by atoms with Crippen LogP contribution in [0.15, 0.2) is 54.6 Å². The highest BCUT2D eigenvalue weighted by Crippen LogP contribution is 2.33. The van der Waals surface area contributed by atoms with Gasteiger partial charge in [-0.25, -0.2) is 0 Å². The van der Waals surface area contributed by atoms with Crippen LogP contribution in [0.2, 0.25) is 0 Å². The first kappa shape index (κ1) is 18.7. The van der Waals surface area contributed by atoms with Gasteiger partial charge in [0.15, 0.2) is 0 Å². The lowest BCUT2D eigenvalue weighted by atomic mass is 9.89. The van der Waals surface area contributed by atoms with Gasteiger partial charge in [-0.05, 0) is 42.1 Å². The van der Waals surface area contributed by atoms with Gasteiger partial charge in [0.2, 0.25) is 5.91 Å². The molecule has 0 unspecified atom stereocenters. The van der Waals surface area contributed by atoms with E-state index in [0.29, 0.717) is 38.2 Å². The smallest absolute Gasteiger partial charge is 0.253 e. The van der Waals surface area contributed by atoms with Crippen LogP contribution in [0.3, 0.4) is 0 Å². The van der Waals surface area contributed by atoms with E-state index in [-0.39, 0.29) is 23.7 Å². The van der Waals surface area contributed by atoms with E-state index in [4.69, 9.17) is 5.73 Å². The van der Waals surface area contributed by atoms with Gasteiger partial charge in [-0.2, -0.15) is 0 Å². The van der Waals surface area contributed by atoms with Crippen molar-refractivity contribution in [3.8, 4) is 0 Å². The lowest BCUT2D eigenvalue weighted by molar-refractivity contribution is -0.128. The molecular weight excluding hydrogens is 350 g/mol. The molecule has 4 rings (SSSR count). The monoisotopic (exact) mass is 377 g/mol. The zero-order chi connectivity index (χ0) is 19.5. The van der Waals surface area contributed by atoms with Crippen LogP contribution in [0.25, 0.3) is 0 Å². The van der Waals surface area contributed by atoms with Gasteiger partial charge in [-0.3, -0.25) is 9.59 Å². The van der Waals surface area contributed by atoms with Gasteiger partial charge in [0.25, 0.3) is 5.91 Å².